The first-order valence-corrected chi connectivity index (χ1v) is 8.48. The minimum atomic E-state index is -0.468. The Bertz CT molecular complexity index is 1080. The second-order valence-corrected chi connectivity index (χ2v) is 5.79. The predicted octanol–water partition coefficient (Wildman–Crippen LogP) is 3.41. The van der Waals surface area contributed by atoms with Gasteiger partial charge in [0.25, 0.3) is 0 Å². The number of rotatable bonds is 6. The van der Waals surface area contributed by atoms with Gasteiger partial charge in [-0.15, -0.1) is 0 Å². The molecule has 1 aromatic heterocycles. The van der Waals surface area contributed by atoms with Crippen LogP contribution in [0.25, 0.3) is 11.1 Å². The van der Waals surface area contributed by atoms with E-state index in [1.165, 1.54) is 13.2 Å². The van der Waals surface area contributed by atoms with Crippen molar-refractivity contribution in [2.75, 3.05) is 12.4 Å². The number of oxazole rings is 1. The van der Waals surface area contributed by atoms with Gasteiger partial charge >= 0.3 is 5.97 Å². The molecule has 0 spiro atoms. The SMILES string of the molecule is CCC(=O)Nc1ccc(OCc2nc3ccc(C(=O)OC)cc3o2)c(C#N)c1. The van der Waals surface area contributed by atoms with Gasteiger partial charge in [-0.1, -0.05) is 6.92 Å². The predicted molar refractivity (Wildman–Crippen MR) is 99.8 cm³/mol. The standard InChI is InChI=1S/C20H17N3O5/c1-3-18(24)22-14-5-7-16(13(8-14)10-21)27-11-19-23-15-6-4-12(20(25)26-2)9-17(15)28-19/h4-9H,3,11H2,1-2H3,(H,22,24). The fraction of sp³-hybridized carbons (Fsp3) is 0.200. The molecule has 8 nitrogen and oxygen atoms in total. The first kappa shape index (κ1) is 18.9. The molecule has 3 aromatic rings. The number of nitriles is 1. The second kappa shape index (κ2) is 8.22. The van der Waals surface area contributed by atoms with Crippen molar-refractivity contribution in [1.29, 1.82) is 5.26 Å². The number of carbonyl (C=O) groups is 2. The number of ether oxygens (including phenoxy) is 2. The zero-order chi connectivity index (χ0) is 20.1. The molecular formula is C20H17N3O5. The number of fused-ring (bicyclic) bond motifs is 1. The van der Waals surface area contributed by atoms with Crippen LogP contribution in [0.5, 0.6) is 5.75 Å². The Kier molecular flexibility index (Phi) is 5.56. The van der Waals surface area contributed by atoms with Gasteiger partial charge in [-0.05, 0) is 36.4 Å². The molecule has 28 heavy (non-hydrogen) atoms. The van der Waals surface area contributed by atoms with Gasteiger partial charge in [-0.3, -0.25) is 4.79 Å². The van der Waals surface area contributed by atoms with E-state index in [4.69, 9.17) is 9.15 Å². The smallest absolute Gasteiger partial charge is 0.337 e. The summed E-state index contributed by atoms with van der Waals surface area (Å²) in [5.41, 5.74) is 2.16. The molecule has 0 unspecified atom stereocenters. The molecule has 1 amide bonds. The Balaban J connectivity index is 1.75. The Morgan fingerprint density at radius 3 is 2.79 bits per heavy atom. The maximum Gasteiger partial charge on any atom is 0.337 e. The molecule has 0 aliphatic heterocycles. The lowest BCUT2D eigenvalue weighted by atomic mass is 10.2. The van der Waals surface area contributed by atoms with Crippen molar-refractivity contribution in [3.63, 3.8) is 0 Å². The minimum Gasteiger partial charge on any atom is -0.482 e. The van der Waals surface area contributed by atoms with Crippen LogP contribution in [0.3, 0.4) is 0 Å². The number of hydrogen-bond donors (Lipinski definition) is 1. The third kappa shape index (κ3) is 4.10. The third-order valence-electron chi connectivity index (χ3n) is 3.91. The van der Waals surface area contributed by atoms with E-state index in [-0.39, 0.29) is 18.1 Å². The van der Waals surface area contributed by atoms with Crippen molar-refractivity contribution >= 4 is 28.7 Å². The molecule has 2 aromatic carbocycles. The van der Waals surface area contributed by atoms with Crippen molar-refractivity contribution < 1.29 is 23.5 Å². The molecule has 1 heterocycles. The summed E-state index contributed by atoms with van der Waals surface area (Å²) >= 11 is 0. The molecule has 8 heteroatoms. The number of methoxy groups -OCH3 is 1. The molecule has 0 atom stereocenters. The summed E-state index contributed by atoms with van der Waals surface area (Å²) in [5, 5.41) is 12.0. The summed E-state index contributed by atoms with van der Waals surface area (Å²) in [6.45, 7) is 1.74. The van der Waals surface area contributed by atoms with E-state index in [2.05, 4.69) is 15.0 Å². The van der Waals surface area contributed by atoms with E-state index in [1.54, 1.807) is 37.3 Å². The van der Waals surface area contributed by atoms with Gasteiger partial charge in [0.1, 0.15) is 17.3 Å². The maximum absolute atomic E-state index is 11.6. The molecule has 3 rings (SSSR count). The number of esters is 1. The van der Waals surface area contributed by atoms with Crippen molar-refractivity contribution in [3.8, 4) is 11.8 Å². The van der Waals surface area contributed by atoms with Gasteiger partial charge in [0, 0.05) is 12.1 Å². The summed E-state index contributed by atoms with van der Waals surface area (Å²) < 4.78 is 15.9. The number of nitrogens with zero attached hydrogens (tertiary/aromatic N) is 2. The van der Waals surface area contributed by atoms with Crippen molar-refractivity contribution in [2.45, 2.75) is 20.0 Å². The summed E-state index contributed by atoms with van der Waals surface area (Å²) in [6.07, 6.45) is 0.343. The van der Waals surface area contributed by atoms with Gasteiger partial charge in [0.2, 0.25) is 11.8 Å². The van der Waals surface area contributed by atoms with Gasteiger partial charge in [-0.2, -0.15) is 5.26 Å². The van der Waals surface area contributed by atoms with Crippen molar-refractivity contribution in [2.24, 2.45) is 0 Å². The van der Waals surface area contributed by atoms with Crippen LogP contribution in [0.2, 0.25) is 0 Å². The van der Waals surface area contributed by atoms with Crippen LogP contribution in [0.4, 0.5) is 5.69 Å². The van der Waals surface area contributed by atoms with Crippen LogP contribution >= 0.6 is 0 Å². The van der Waals surface area contributed by atoms with Crippen LogP contribution in [-0.2, 0) is 16.1 Å². The molecule has 0 bridgehead atoms. The van der Waals surface area contributed by atoms with Gasteiger partial charge in [-0.25, -0.2) is 9.78 Å². The van der Waals surface area contributed by atoms with Crippen molar-refractivity contribution in [3.05, 3.63) is 53.4 Å². The molecule has 0 saturated carbocycles. The maximum atomic E-state index is 11.6. The summed E-state index contributed by atoms with van der Waals surface area (Å²) in [5.74, 6) is 0.0270. The van der Waals surface area contributed by atoms with Gasteiger partial charge in [0.15, 0.2) is 12.2 Å². The lowest BCUT2D eigenvalue weighted by Crippen LogP contribution is -2.09. The van der Waals surface area contributed by atoms with Crippen LogP contribution in [0.1, 0.15) is 35.2 Å². The Morgan fingerprint density at radius 2 is 2.07 bits per heavy atom. The highest BCUT2D eigenvalue weighted by atomic mass is 16.5. The number of amides is 1. The fourth-order valence-electron chi connectivity index (χ4n) is 2.49. The molecule has 0 radical (unpaired) electrons. The molecule has 0 aliphatic rings. The van der Waals surface area contributed by atoms with E-state index in [9.17, 15) is 14.9 Å². The third-order valence-corrected chi connectivity index (χ3v) is 3.91. The minimum absolute atomic E-state index is 0.00240. The highest BCUT2D eigenvalue weighted by Gasteiger charge is 2.13. The van der Waals surface area contributed by atoms with E-state index < -0.39 is 5.97 Å². The number of carbonyl (C=O) groups excluding carboxylic acids is 2. The monoisotopic (exact) mass is 379 g/mol. The zero-order valence-electron chi connectivity index (χ0n) is 15.3. The van der Waals surface area contributed by atoms with E-state index >= 15 is 0 Å². The largest absolute Gasteiger partial charge is 0.482 e. The molecule has 1 N–H and O–H groups in total. The molecule has 0 aliphatic carbocycles. The van der Waals surface area contributed by atoms with Gasteiger partial charge in [0.05, 0.1) is 18.2 Å². The quantitative estimate of drug-likeness (QED) is 0.653. The average molecular weight is 379 g/mol. The number of benzene rings is 2. The summed E-state index contributed by atoms with van der Waals surface area (Å²) in [6, 6.07) is 11.6. The highest BCUT2D eigenvalue weighted by Crippen LogP contribution is 2.24. The Hall–Kier alpha value is -3.86. The number of aromatic nitrogens is 1. The van der Waals surface area contributed by atoms with Gasteiger partial charge < -0.3 is 19.2 Å². The normalized spacial score (nSPS) is 10.3. The molecular weight excluding hydrogens is 362 g/mol. The summed E-state index contributed by atoms with van der Waals surface area (Å²) in [4.78, 5) is 27.4. The number of anilines is 1. The number of nitrogens with one attached hydrogen (secondary N) is 1. The molecule has 0 saturated heterocycles. The Morgan fingerprint density at radius 1 is 1.25 bits per heavy atom. The first-order valence-electron chi connectivity index (χ1n) is 8.48. The van der Waals surface area contributed by atoms with Crippen LogP contribution in [0.15, 0.2) is 40.8 Å². The van der Waals surface area contributed by atoms with Crippen LogP contribution in [0, 0.1) is 11.3 Å². The topological polar surface area (TPSA) is 114 Å². The lowest BCUT2D eigenvalue weighted by Gasteiger charge is -2.08. The lowest BCUT2D eigenvalue weighted by molar-refractivity contribution is -0.115. The second-order valence-electron chi connectivity index (χ2n) is 5.79. The van der Waals surface area contributed by atoms with Crippen LogP contribution in [-0.4, -0.2) is 24.0 Å². The average Bonchev–Trinajstić information content (AvgIpc) is 3.13. The molecule has 0 fully saturated rings. The fourth-order valence-corrected chi connectivity index (χ4v) is 2.49. The number of hydrogen-bond acceptors (Lipinski definition) is 7. The van der Waals surface area contributed by atoms with E-state index in [1.807, 2.05) is 6.07 Å². The van der Waals surface area contributed by atoms with Crippen LogP contribution < -0.4 is 10.1 Å². The summed E-state index contributed by atoms with van der Waals surface area (Å²) in [7, 11) is 1.30. The highest BCUT2D eigenvalue weighted by molar-refractivity contribution is 5.93. The zero-order valence-corrected chi connectivity index (χ0v) is 15.3. The first-order chi connectivity index (χ1) is 13.5. The Labute approximate surface area is 160 Å². The van der Waals surface area contributed by atoms with E-state index in [0.29, 0.717) is 40.4 Å². The van der Waals surface area contributed by atoms with Crippen molar-refractivity contribution in [1.82, 2.24) is 4.98 Å². The van der Waals surface area contributed by atoms with E-state index in [0.717, 1.165) is 0 Å². The molecule has 142 valence electrons.